The fourth-order valence-electron chi connectivity index (χ4n) is 1.41. The number of aromatic nitrogens is 4. The van der Waals surface area contributed by atoms with E-state index < -0.39 is 6.10 Å². The highest BCUT2D eigenvalue weighted by Gasteiger charge is 2.30. The third-order valence-corrected chi connectivity index (χ3v) is 3.40. The lowest BCUT2D eigenvalue weighted by atomic mass is 10.4. The molecule has 2 aromatic heterocycles. The summed E-state index contributed by atoms with van der Waals surface area (Å²) in [5.74, 6) is 1.48. The summed E-state index contributed by atoms with van der Waals surface area (Å²) in [5, 5.41) is 22.5. The number of aliphatic hydroxyl groups excluding tert-OH is 1. The standard InChI is InChI=1S/C8H10N4OS/c1-4(13)7-11-12-6(5-2-3-5)9-10-8(12)14-7/h4-5,13H,2-3H2,1H3. The minimum Gasteiger partial charge on any atom is -0.386 e. The van der Waals surface area contributed by atoms with Crippen LogP contribution in [0.5, 0.6) is 0 Å². The quantitative estimate of drug-likeness (QED) is 0.806. The van der Waals surface area contributed by atoms with Crippen LogP contribution in [0, 0.1) is 0 Å². The highest BCUT2D eigenvalue weighted by Crippen LogP contribution is 2.39. The highest BCUT2D eigenvalue weighted by molar-refractivity contribution is 7.16. The van der Waals surface area contributed by atoms with Gasteiger partial charge in [0, 0.05) is 5.92 Å². The maximum atomic E-state index is 9.37. The van der Waals surface area contributed by atoms with Crippen molar-refractivity contribution in [3.05, 3.63) is 10.8 Å². The molecule has 5 nitrogen and oxygen atoms in total. The average Bonchev–Trinajstić information content (AvgIpc) is 2.77. The monoisotopic (exact) mass is 210 g/mol. The Morgan fingerprint density at radius 2 is 2.29 bits per heavy atom. The maximum absolute atomic E-state index is 9.37. The van der Waals surface area contributed by atoms with Gasteiger partial charge >= 0.3 is 0 Å². The van der Waals surface area contributed by atoms with E-state index in [1.165, 1.54) is 24.2 Å². The van der Waals surface area contributed by atoms with Gasteiger partial charge < -0.3 is 5.11 Å². The fraction of sp³-hybridized carbons (Fsp3) is 0.625. The molecular weight excluding hydrogens is 200 g/mol. The van der Waals surface area contributed by atoms with E-state index in [2.05, 4.69) is 15.3 Å². The molecule has 0 aliphatic heterocycles. The van der Waals surface area contributed by atoms with Crippen LogP contribution in [0.15, 0.2) is 0 Å². The molecule has 2 heterocycles. The van der Waals surface area contributed by atoms with E-state index in [1.54, 1.807) is 11.4 Å². The van der Waals surface area contributed by atoms with Gasteiger partial charge in [-0.1, -0.05) is 11.3 Å². The summed E-state index contributed by atoms with van der Waals surface area (Å²) >= 11 is 1.40. The Morgan fingerprint density at radius 1 is 1.50 bits per heavy atom. The minimum absolute atomic E-state index is 0.520. The van der Waals surface area contributed by atoms with E-state index in [-0.39, 0.29) is 0 Å². The van der Waals surface area contributed by atoms with Gasteiger partial charge in [-0.25, -0.2) is 0 Å². The number of nitrogens with zero attached hydrogens (tertiary/aromatic N) is 4. The van der Waals surface area contributed by atoms with Crippen molar-refractivity contribution in [2.24, 2.45) is 0 Å². The third kappa shape index (κ3) is 1.14. The van der Waals surface area contributed by atoms with Crippen LogP contribution in [-0.4, -0.2) is 24.9 Å². The van der Waals surface area contributed by atoms with E-state index in [0.29, 0.717) is 10.9 Å². The van der Waals surface area contributed by atoms with Gasteiger partial charge in [-0.2, -0.15) is 9.61 Å². The van der Waals surface area contributed by atoms with Gasteiger partial charge in [-0.15, -0.1) is 10.2 Å². The van der Waals surface area contributed by atoms with Crippen molar-refractivity contribution in [2.45, 2.75) is 31.8 Å². The topological polar surface area (TPSA) is 63.3 Å². The summed E-state index contributed by atoms with van der Waals surface area (Å²) in [4.78, 5) is 0.780. The second-order valence-corrected chi connectivity index (χ2v) is 4.63. The van der Waals surface area contributed by atoms with Crippen molar-refractivity contribution in [2.75, 3.05) is 0 Å². The molecule has 0 aromatic carbocycles. The predicted molar refractivity (Wildman–Crippen MR) is 51.3 cm³/mol. The Hall–Kier alpha value is -1.01. The van der Waals surface area contributed by atoms with Crippen LogP contribution in [0.25, 0.3) is 4.96 Å². The molecule has 1 fully saturated rings. The molecule has 1 atom stereocenters. The number of fused-ring (bicyclic) bond motifs is 1. The van der Waals surface area contributed by atoms with Gasteiger partial charge in [0.1, 0.15) is 11.1 Å². The molecular formula is C8H10N4OS. The van der Waals surface area contributed by atoms with Crippen LogP contribution >= 0.6 is 11.3 Å². The third-order valence-electron chi connectivity index (χ3n) is 2.33. The largest absolute Gasteiger partial charge is 0.386 e. The van der Waals surface area contributed by atoms with Crippen LogP contribution in [-0.2, 0) is 0 Å². The molecule has 0 saturated heterocycles. The molecule has 14 heavy (non-hydrogen) atoms. The zero-order chi connectivity index (χ0) is 9.71. The van der Waals surface area contributed by atoms with Crippen molar-refractivity contribution in [3.63, 3.8) is 0 Å². The van der Waals surface area contributed by atoms with Crippen LogP contribution in [0.4, 0.5) is 0 Å². The first-order valence-electron chi connectivity index (χ1n) is 4.66. The zero-order valence-electron chi connectivity index (χ0n) is 7.71. The Balaban J connectivity index is 2.14. The molecule has 1 saturated carbocycles. The molecule has 1 aliphatic rings. The van der Waals surface area contributed by atoms with Crippen LogP contribution in [0.3, 0.4) is 0 Å². The van der Waals surface area contributed by atoms with Gasteiger partial charge in [0.15, 0.2) is 5.82 Å². The summed E-state index contributed by atoms with van der Waals surface area (Å²) < 4.78 is 1.77. The van der Waals surface area contributed by atoms with Crippen LogP contribution < -0.4 is 0 Å². The van der Waals surface area contributed by atoms with Gasteiger partial charge in [-0.05, 0) is 19.8 Å². The van der Waals surface area contributed by atoms with E-state index in [1.807, 2.05) is 0 Å². The SMILES string of the molecule is CC(O)c1nn2c(C3CC3)nnc2s1. The summed E-state index contributed by atoms with van der Waals surface area (Å²) in [7, 11) is 0. The second kappa shape index (κ2) is 2.74. The summed E-state index contributed by atoms with van der Waals surface area (Å²) in [6.45, 7) is 1.71. The summed E-state index contributed by atoms with van der Waals surface area (Å²) in [6.07, 6.45) is 1.85. The lowest BCUT2D eigenvalue weighted by Crippen LogP contribution is -1.96. The number of hydrogen-bond donors (Lipinski definition) is 1. The van der Waals surface area contributed by atoms with Crippen molar-refractivity contribution < 1.29 is 5.11 Å². The zero-order valence-corrected chi connectivity index (χ0v) is 8.53. The number of aliphatic hydroxyl groups is 1. The molecule has 3 rings (SSSR count). The number of hydrogen-bond acceptors (Lipinski definition) is 5. The Bertz CT molecular complexity index is 471. The lowest BCUT2D eigenvalue weighted by Gasteiger charge is -1.94. The van der Waals surface area contributed by atoms with Crippen molar-refractivity contribution >= 4 is 16.3 Å². The summed E-state index contributed by atoms with van der Waals surface area (Å²) in [5.41, 5.74) is 0. The molecule has 0 spiro atoms. The minimum atomic E-state index is -0.520. The number of rotatable bonds is 2. The molecule has 0 amide bonds. The second-order valence-electron chi connectivity index (χ2n) is 3.64. The van der Waals surface area contributed by atoms with Gasteiger partial charge in [0.05, 0.1) is 0 Å². The van der Waals surface area contributed by atoms with Crippen molar-refractivity contribution in [3.8, 4) is 0 Å². The lowest BCUT2D eigenvalue weighted by molar-refractivity contribution is 0.197. The molecule has 1 N–H and O–H groups in total. The van der Waals surface area contributed by atoms with E-state index in [4.69, 9.17) is 0 Å². The van der Waals surface area contributed by atoms with E-state index >= 15 is 0 Å². The van der Waals surface area contributed by atoms with E-state index in [9.17, 15) is 5.11 Å². The molecule has 74 valence electrons. The Morgan fingerprint density at radius 3 is 2.93 bits per heavy atom. The molecule has 2 aromatic rings. The van der Waals surface area contributed by atoms with Gasteiger partial charge in [0.2, 0.25) is 4.96 Å². The normalized spacial score (nSPS) is 19.0. The molecule has 6 heteroatoms. The summed E-state index contributed by atoms with van der Waals surface area (Å²) in [6, 6.07) is 0. The molecule has 1 unspecified atom stereocenters. The maximum Gasteiger partial charge on any atom is 0.234 e. The molecule has 1 aliphatic carbocycles. The van der Waals surface area contributed by atoms with Crippen LogP contribution in [0.2, 0.25) is 0 Å². The highest BCUT2D eigenvalue weighted by atomic mass is 32.1. The Kier molecular flexibility index (Phi) is 1.63. The smallest absolute Gasteiger partial charge is 0.234 e. The average molecular weight is 210 g/mol. The van der Waals surface area contributed by atoms with Crippen LogP contribution in [0.1, 0.15) is 42.6 Å². The van der Waals surface area contributed by atoms with Gasteiger partial charge in [0.25, 0.3) is 0 Å². The molecule has 0 bridgehead atoms. The van der Waals surface area contributed by atoms with E-state index in [0.717, 1.165) is 10.8 Å². The van der Waals surface area contributed by atoms with Crippen molar-refractivity contribution in [1.29, 1.82) is 0 Å². The Labute approximate surface area is 84.4 Å². The fourth-order valence-corrected chi connectivity index (χ4v) is 2.19. The van der Waals surface area contributed by atoms with Gasteiger partial charge in [-0.3, -0.25) is 0 Å². The first-order valence-corrected chi connectivity index (χ1v) is 5.47. The predicted octanol–water partition coefficient (Wildman–Crippen LogP) is 1.12. The first-order chi connectivity index (χ1) is 6.75. The first kappa shape index (κ1) is 8.31. The van der Waals surface area contributed by atoms with Crippen molar-refractivity contribution in [1.82, 2.24) is 19.8 Å². The molecule has 0 radical (unpaired) electrons.